The summed E-state index contributed by atoms with van der Waals surface area (Å²) in [6, 6.07) is 3.52. The first-order valence-electron chi connectivity index (χ1n) is 4.74. The molecule has 2 aromatic rings. The molecule has 2 N–H and O–H groups in total. The molecular weight excluding hydrogens is 263 g/mol. The normalized spacial score (nSPS) is 12.7. The van der Waals surface area contributed by atoms with Crippen molar-refractivity contribution in [1.82, 2.24) is 4.98 Å². The molecule has 2 rings (SSSR count). The van der Waals surface area contributed by atoms with E-state index in [-0.39, 0.29) is 6.04 Å². The minimum atomic E-state index is -0.195. The smallest absolute Gasteiger partial charge is 0.0761 e. The van der Waals surface area contributed by atoms with Crippen molar-refractivity contribution in [2.45, 2.75) is 12.5 Å². The van der Waals surface area contributed by atoms with Gasteiger partial charge in [-0.2, -0.15) is 11.3 Å². The SMILES string of the molecule is NC(Cc1ccsc1)c1ncc(Cl)cc1Cl. The molecule has 2 heterocycles. The van der Waals surface area contributed by atoms with E-state index in [4.69, 9.17) is 28.9 Å². The van der Waals surface area contributed by atoms with E-state index < -0.39 is 0 Å². The van der Waals surface area contributed by atoms with E-state index in [0.29, 0.717) is 15.7 Å². The molecule has 0 aliphatic rings. The van der Waals surface area contributed by atoms with Gasteiger partial charge < -0.3 is 5.73 Å². The molecule has 0 radical (unpaired) electrons. The van der Waals surface area contributed by atoms with E-state index in [1.807, 2.05) is 11.4 Å². The zero-order chi connectivity index (χ0) is 11.5. The van der Waals surface area contributed by atoms with Crippen LogP contribution in [0, 0.1) is 0 Å². The first-order valence-corrected chi connectivity index (χ1v) is 6.44. The summed E-state index contributed by atoms with van der Waals surface area (Å²) in [5.74, 6) is 0. The second kappa shape index (κ2) is 5.15. The number of rotatable bonds is 3. The van der Waals surface area contributed by atoms with Crippen molar-refractivity contribution in [1.29, 1.82) is 0 Å². The van der Waals surface area contributed by atoms with Crippen LogP contribution in [0.15, 0.2) is 29.1 Å². The Morgan fingerprint density at radius 1 is 1.44 bits per heavy atom. The third kappa shape index (κ3) is 2.74. The Balaban J connectivity index is 2.17. The Hall–Kier alpha value is -0.610. The van der Waals surface area contributed by atoms with E-state index >= 15 is 0 Å². The van der Waals surface area contributed by atoms with Gasteiger partial charge in [-0.15, -0.1) is 0 Å². The van der Waals surface area contributed by atoms with Crippen molar-refractivity contribution >= 4 is 34.5 Å². The van der Waals surface area contributed by atoms with Crippen LogP contribution in [-0.4, -0.2) is 4.98 Å². The molecule has 0 spiro atoms. The Morgan fingerprint density at radius 2 is 2.25 bits per heavy atom. The number of hydrogen-bond acceptors (Lipinski definition) is 3. The minimum absolute atomic E-state index is 0.195. The molecule has 1 atom stereocenters. The summed E-state index contributed by atoms with van der Waals surface area (Å²) >= 11 is 13.5. The molecule has 0 bridgehead atoms. The largest absolute Gasteiger partial charge is 0.322 e. The summed E-state index contributed by atoms with van der Waals surface area (Å²) in [5.41, 5.74) is 7.94. The van der Waals surface area contributed by atoms with Crippen LogP contribution in [0.1, 0.15) is 17.3 Å². The fourth-order valence-electron chi connectivity index (χ4n) is 1.46. The predicted molar refractivity (Wildman–Crippen MR) is 69.2 cm³/mol. The number of nitrogens with two attached hydrogens (primary N) is 1. The highest BCUT2D eigenvalue weighted by molar-refractivity contribution is 7.07. The van der Waals surface area contributed by atoms with Gasteiger partial charge in [-0.1, -0.05) is 23.2 Å². The molecule has 16 heavy (non-hydrogen) atoms. The Morgan fingerprint density at radius 3 is 2.88 bits per heavy atom. The van der Waals surface area contributed by atoms with Crippen LogP contribution in [0.2, 0.25) is 10.0 Å². The molecule has 0 aliphatic heterocycles. The molecule has 5 heteroatoms. The van der Waals surface area contributed by atoms with Gasteiger partial charge in [0.1, 0.15) is 0 Å². The number of nitrogens with zero attached hydrogens (tertiary/aromatic N) is 1. The Kier molecular flexibility index (Phi) is 3.82. The molecule has 0 aromatic carbocycles. The summed E-state index contributed by atoms with van der Waals surface area (Å²) in [6.07, 6.45) is 2.30. The lowest BCUT2D eigenvalue weighted by Crippen LogP contribution is -2.15. The quantitative estimate of drug-likeness (QED) is 0.926. The zero-order valence-corrected chi connectivity index (χ0v) is 10.7. The molecule has 0 aliphatic carbocycles. The van der Waals surface area contributed by atoms with Crippen molar-refractivity contribution < 1.29 is 0 Å². The third-order valence-electron chi connectivity index (χ3n) is 2.22. The monoisotopic (exact) mass is 272 g/mol. The molecule has 1 unspecified atom stereocenters. The second-order valence-electron chi connectivity index (χ2n) is 3.46. The lowest BCUT2D eigenvalue weighted by Gasteiger charge is -2.11. The third-order valence-corrected chi connectivity index (χ3v) is 3.46. The van der Waals surface area contributed by atoms with Gasteiger partial charge in [0.05, 0.1) is 21.8 Å². The summed E-state index contributed by atoms with van der Waals surface area (Å²) in [6.45, 7) is 0. The molecule has 2 nitrogen and oxygen atoms in total. The number of aromatic nitrogens is 1. The Labute approximate surface area is 108 Å². The average molecular weight is 273 g/mol. The second-order valence-corrected chi connectivity index (χ2v) is 5.09. The summed E-state index contributed by atoms with van der Waals surface area (Å²) in [7, 11) is 0. The van der Waals surface area contributed by atoms with Crippen LogP contribution in [0.3, 0.4) is 0 Å². The fraction of sp³-hybridized carbons (Fsp3) is 0.182. The number of thiophene rings is 1. The highest BCUT2D eigenvalue weighted by atomic mass is 35.5. The summed E-state index contributed by atoms with van der Waals surface area (Å²) in [4.78, 5) is 4.17. The predicted octanol–water partition coefficient (Wildman–Crippen LogP) is 3.69. The van der Waals surface area contributed by atoms with Gasteiger partial charge >= 0.3 is 0 Å². The molecule has 0 fully saturated rings. The molecule has 84 valence electrons. The van der Waals surface area contributed by atoms with Crippen LogP contribution in [0.5, 0.6) is 0 Å². The maximum Gasteiger partial charge on any atom is 0.0761 e. The van der Waals surface area contributed by atoms with Crippen LogP contribution < -0.4 is 5.73 Å². The van der Waals surface area contributed by atoms with E-state index in [0.717, 1.165) is 6.42 Å². The maximum atomic E-state index is 6.05. The van der Waals surface area contributed by atoms with Crippen molar-refractivity contribution in [3.63, 3.8) is 0 Å². The van der Waals surface area contributed by atoms with Crippen LogP contribution in [-0.2, 0) is 6.42 Å². The highest BCUT2D eigenvalue weighted by Crippen LogP contribution is 2.25. The molecule has 2 aromatic heterocycles. The average Bonchev–Trinajstić information content (AvgIpc) is 2.70. The first-order chi connectivity index (χ1) is 7.66. The van der Waals surface area contributed by atoms with Crippen molar-refractivity contribution in [3.05, 3.63) is 50.4 Å². The van der Waals surface area contributed by atoms with Gasteiger partial charge in [-0.3, -0.25) is 4.98 Å². The first kappa shape index (κ1) is 11.9. The topological polar surface area (TPSA) is 38.9 Å². The molecular formula is C11H10Cl2N2S. The van der Waals surface area contributed by atoms with E-state index in [1.165, 1.54) is 5.56 Å². The number of halogens is 2. The van der Waals surface area contributed by atoms with Gasteiger partial charge in [0.25, 0.3) is 0 Å². The lowest BCUT2D eigenvalue weighted by molar-refractivity contribution is 0.698. The van der Waals surface area contributed by atoms with Gasteiger partial charge in [0, 0.05) is 6.20 Å². The van der Waals surface area contributed by atoms with Crippen LogP contribution >= 0.6 is 34.5 Å². The van der Waals surface area contributed by atoms with Gasteiger partial charge in [-0.05, 0) is 34.9 Å². The van der Waals surface area contributed by atoms with Crippen molar-refractivity contribution in [2.75, 3.05) is 0 Å². The van der Waals surface area contributed by atoms with Crippen LogP contribution in [0.4, 0.5) is 0 Å². The molecule has 0 saturated carbocycles. The lowest BCUT2D eigenvalue weighted by atomic mass is 10.1. The van der Waals surface area contributed by atoms with Crippen molar-refractivity contribution in [2.24, 2.45) is 5.73 Å². The van der Waals surface area contributed by atoms with E-state index in [2.05, 4.69) is 10.4 Å². The molecule has 0 saturated heterocycles. The molecule has 0 amide bonds. The minimum Gasteiger partial charge on any atom is -0.322 e. The summed E-state index contributed by atoms with van der Waals surface area (Å²) < 4.78 is 0. The standard InChI is InChI=1S/C11H10Cl2N2S/c12-8-4-9(13)11(15-5-8)10(14)3-7-1-2-16-6-7/h1-2,4-6,10H,3,14H2. The van der Waals surface area contributed by atoms with Crippen LogP contribution in [0.25, 0.3) is 0 Å². The fourth-order valence-corrected chi connectivity index (χ4v) is 2.66. The number of hydrogen-bond donors (Lipinski definition) is 1. The highest BCUT2D eigenvalue weighted by Gasteiger charge is 2.13. The van der Waals surface area contributed by atoms with E-state index in [9.17, 15) is 0 Å². The summed E-state index contributed by atoms with van der Waals surface area (Å²) in [5, 5.41) is 5.15. The van der Waals surface area contributed by atoms with Gasteiger partial charge in [0.2, 0.25) is 0 Å². The van der Waals surface area contributed by atoms with E-state index in [1.54, 1.807) is 23.6 Å². The van der Waals surface area contributed by atoms with Gasteiger partial charge in [0.15, 0.2) is 0 Å². The van der Waals surface area contributed by atoms with Crippen molar-refractivity contribution in [3.8, 4) is 0 Å². The van der Waals surface area contributed by atoms with Gasteiger partial charge in [-0.25, -0.2) is 0 Å². The maximum absolute atomic E-state index is 6.05. The number of pyridine rings is 1. The zero-order valence-electron chi connectivity index (χ0n) is 8.36. The Bertz CT molecular complexity index is 471.